The second-order valence-electron chi connectivity index (χ2n) is 3.63. The van der Waals surface area contributed by atoms with Crippen molar-refractivity contribution in [2.24, 2.45) is 0 Å². The fourth-order valence-electron chi connectivity index (χ4n) is 1.30. The average molecular weight is 311 g/mol. The first-order valence-corrected chi connectivity index (χ1v) is 5.98. The molecule has 110 valence electrons. The summed E-state index contributed by atoms with van der Waals surface area (Å²) in [6.45, 7) is 0. The third-order valence-electron chi connectivity index (χ3n) is 2.24. The number of halogens is 1. The summed E-state index contributed by atoms with van der Waals surface area (Å²) in [4.78, 5) is 28.2. The zero-order valence-electron chi connectivity index (χ0n) is 10.6. The van der Waals surface area contributed by atoms with Crippen LogP contribution in [0.1, 0.15) is 20.7 Å². The van der Waals surface area contributed by atoms with Crippen LogP contribution in [-0.4, -0.2) is 22.5 Å². The van der Waals surface area contributed by atoms with E-state index >= 15 is 0 Å². The minimum Gasteiger partial charge on any atom is -0.296 e. The molecule has 0 aliphatic rings. The van der Waals surface area contributed by atoms with E-state index in [4.69, 9.17) is 22.1 Å². The molecule has 0 aliphatic heterocycles. The van der Waals surface area contributed by atoms with E-state index in [-0.39, 0.29) is 5.56 Å². The lowest BCUT2D eigenvalue weighted by Crippen LogP contribution is -2.00. The first kappa shape index (κ1) is 16.6. The van der Waals surface area contributed by atoms with Crippen LogP contribution in [0.3, 0.4) is 0 Å². The Morgan fingerprint density at radius 2 is 1.33 bits per heavy atom. The Hall–Kier alpha value is -2.41. The first-order chi connectivity index (χ1) is 10.1. The van der Waals surface area contributed by atoms with Crippen LogP contribution < -0.4 is 0 Å². The molecule has 0 amide bonds. The molecule has 0 aromatic heterocycles. The molecular weight excluding hydrogens is 300 g/mol. The molecule has 2 aromatic rings. The van der Waals surface area contributed by atoms with E-state index < -0.39 is 11.9 Å². The predicted molar refractivity (Wildman–Crippen MR) is 74.0 cm³/mol. The van der Waals surface area contributed by atoms with Crippen LogP contribution >= 0.6 is 11.6 Å². The van der Waals surface area contributed by atoms with E-state index in [0.29, 0.717) is 10.6 Å². The van der Waals surface area contributed by atoms with Gasteiger partial charge in [-0.05, 0) is 30.3 Å². The van der Waals surface area contributed by atoms with Crippen LogP contribution in [0.4, 0.5) is 0 Å². The average Bonchev–Trinajstić information content (AvgIpc) is 2.54. The molecule has 0 aliphatic carbocycles. The van der Waals surface area contributed by atoms with Crippen molar-refractivity contribution in [1.82, 2.24) is 0 Å². The van der Waals surface area contributed by atoms with E-state index in [1.807, 2.05) is 0 Å². The lowest BCUT2D eigenvalue weighted by molar-refractivity contribution is -0.182. The van der Waals surface area contributed by atoms with Crippen molar-refractivity contribution in [3.63, 3.8) is 0 Å². The summed E-state index contributed by atoms with van der Waals surface area (Å²) in [5, 5.41) is 16.3. The molecule has 0 saturated carbocycles. The van der Waals surface area contributed by atoms with Crippen LogP contribution in [0.25, 0.3) is 0 Å². The Labute approximate surface area is 125 Å². The van der Waals surface area contributed by atoms with Gasteiger partial charge in [-0.2, -0.15) is 10.5 Å². The monoisotopic (exact) mass is 310 g/mol. The second kappa shape index (κ2) is 8.70. The van der Waals surface area contributed by atoms with Crippen molar-refractivity contribution in [2.75, 3.05) is 0 Å². The Bertz CT molecular complexity index is 599. The third kappa shape index (κ3) is 5.62. The molecule has 0 spiro atoms. The number of carbonyl (C=O) groups excluding carboxylic acids is 2. The van der Waals surface area contributed by atoms with Gasteiger partial charge in [0.15, 0.2) is 0 Å². The van der Waals surface area contributed by atoms with E-state index in [1.165, 1.54) is 12.1 Å². The summed E-state index contributed by atoms with van der Waals surface area (Å²) in [5.41, 5.74) is 0.560. The van der Waals surface area contributed by atoms with Gasteiger partial charge in [-0.1, -0.05) is 35.9 Å². The van der Waals surface area contributed by atoms with Crippen molar-refractivity contribution in [3.8, 4) is 0 Å². The molecule has 2 aromatic carbocycles. The van der Waals surface area contributed by atoms with E-state index in [2.05, 4.69) is 9.78 Å². The van der Waals surface area contributed by atoms with Gasteiger partial charge < -0.3 is 0 Å². The van der Waals surface area contributed by atoms with Crippen molar-refractivity contribution in [2.45, 2.75) is 0 Å². The van der Waals surface area contributed by atoms with Gasteiger partial charge in [0, 0.05) is 5.02 Å². The highest BCUT2D eigenvalue weighted by Gasteiger charge is 2.05. The molecule has 7 heteroatoms. The SMILES string of the molecule is O=C(OO)c1cccc(Cl)c1.O=C(OO)c1ccccc1. The summed E-state index contributed by atoms with van der Waals surface area (Å²) in [6, 6.07) is 14.4. The molecule has 0 atom stereocenters. The fraction of sp³-hybridized carbons (Fsp3) is 0. The van der Waals surface area contributed by atoms with Gasteiger partial charge in [-0.3, -0.25) is 9.78 Å². The van der Waals surface area contributed by atoms with Crippen LogP contribution in [0, 0.1) is 0 Å². The third-order valence-corrected chi connectivity index (χ3v) is 2.47. The van der Waals surface area contributed by atoms with E-state index in [0.717, 1.165) is 0 Å². The number of hydrogen-bond acceptors (Lipinski definition) is 6. The lowest BCUT2D eigenvalue weighted by Gasteiger charge is -1.95. The highest BCUT2D eigenvalue weighted by Crippen LogP contribution is 2.10. The van der Waals surface area contributed by atoms with Gasteiger partial charge in [-0.15, -0.1) is 0 Å². The largest absolute Gasteiger partial charge is 0.372 e. The highest BCUT2D eigenvalue weighted by atomic mass is 35.5. The normalized spacial score (nSPS) is 9.10. The topological polar surface area (TPSA) is 93.1 Å². The van der Waals surface area contributed by atoms with E-state index in [1.54, 1.807) is 42.5 Å². The number of carbonyl (C=O) groups is 2. The minimum atomic E-state index is -0.813. The Morgan fingerprint density at radius 3 is 1.86 bits per heavy atom. The smallest absolute Gasteiger partial charge is 0.296 e. The molecular formula is C14H11ClO6. The molecule has 0 fully saturated rings. The predicted octanol–water partition coefficient (Wildman–Crippen LogP) is 3.29. The molecule has 0 saturated heterocycles. The van der Waals surface area contributed by atoms with Gasteiger partial charge in [0.05, 0.1) is 11.1 Å². The quantitative estimate of drug-likeness (QED) is 0.653. The maximum atomic E-state index is 10.6. The summed E-state index contributed by atoms with van der Waals surface area (Å²) >= 11 is 5.56. The van der Waals surface area contributed by atoms with Gasteiger partial charge in [0.2, 0.25) is 0 Å². The van der Waals surface area contributed by atoms with Crippen LogP contribution in [0.5, 0.6) is 0 Å². The molecule has 0 radical (unpaired) electrons. The summed E-state index contributed by atoms with van der Waals surface area (Å²) < 4.78 is 0. The van der Waals surface area contributed by atoms with Gasteiger partial charge >= 0.3 is 11.9 Å². The second-order valence-corrected chi connectivity index (χ2v) is 4.07. The number of hydrogen-bond donors (Lipinski definition) is 2. The van der Waals surface area contributed by atoms with Crippen LogP contribution in [0.15, 0.2) is 54.6 Å². The number of benzene rings is 2. The molecule has 6 nitrogen and oxygen atoms in total. The Kier molecular flexibility index (Phi) is 6.90. The Morgan fingerprint density at radius 1 is 0.810 bits per heavy atom. The van der Waals surface area contributed by atoms with Gasteiger partial charge in [-0.25, -0.2) is 9.59 Å². The molecule has 0 bridgehead atoms. The first-order valence-electron chi connectivity index (χ1n) is 5.60. The summed E-state index contributed by atoms with van der Waals surface area (Å²) in [5.74, 6) is -1.55. The lowest BCUT2D eigenvalue weighted by atomic mass is 10.2. The van der Waals surface area contributed by atoms with Gasteiger partial charge in [0.25, 0.3) is 0 Å². The van der Waals surface area contributed by atoms with Crippen LogP contribution in [-0.2, 0) is 9.78 Å². The van der Waals surface area contributed by atoms with Gasteiger partial charge in [0.1, 0.15) is 0 Å². The molecule has 2 N–H and O–H groups in total. The highest BCUT2D eigenvalue weighted by molar-refractivity contribution is 6.30. The molecule has 2 rings (SSSR count). The standard InChI is InChI=1S/C7H5ClO3.C7H6O3/c8-6-3-1-2-5(4-6)7(9)11-10;8-7(10-9)6-4-2-1-3-5-6/h1-4,10H;1-5,9H. The zero-order chi connectivity index (χ0) is 15.7. The van der Waals surface area contributed by atoms with Crippen LogP contribution in [0.2, 0.25) is 5.02 Å². The molecule has 0 heterocycles. The number of rotatable bonds is 2. The maximum absolute atomic E-state index is 10.6. The maximum Gasteiger partial charge on any atom is 0.372 e. The molecule has 0 unspecified atom stereocenters. The fourth-order valence-corrected chi connectivity index (χ4v) is 1.49. The van der Waals surface area contributed by atoms with Crippen molar-refractivity contribution in [1.29, 1.82) is 0 Å². The van der Waals surface area contributed by atoms with Crippen molar-refractivity contribution < 1.29 is 29.9 Å². The summed E-state index contributed by atoms with van der Waals surface area (Å²) in [6.07, 6.45) is 0. The minimum absolute atomic E-state index is 0.222. The van der Waals surface area contributed by atoms with Crippen molar-refractivity contribution in [3.05, 3.63) is 70.7 Å². The Balaban J connectivity index is 0.000000211. The summed E-state index contributed by atoms with van der Waals surface area (Å²) in [7, 11) is 0. The molecule has 21 heavy (non-hydrogen) atoms. The van der Waals surface area contributed by atoms with Crippen molar-refractivity contribution >= 4 is 23.5 Å². The zero-order valence-corrected chi connectivity index (χ0v) is 11.4. The van der Waals surface area contributed by atoms with E-state index in [9.17, 15) is 9.59 Å².